The van der Waals surface area contributed by atoms with E-state index in [1.54, 1.807) is 24.3 Å². The van der Waals surface area contributed by atoms with E-state index in [1.165, 1.54) is 30.5 Å². The molecular formula is C19H15ClF2N2O5S. The first kappa shape index (κ1) is 21.7. The van der Waals surface area contributed by atoms with E-state index in [4.69, 9.17) is 16.0 Å². The van der Waals surface area contributed by atoms with Crippen molar-refractivity contribution in [3.8, 4) is 17.2 Å². The number of rotatable bonds is 8. The summed E-state index contributed by atoms with van der Waals surface area (Å²) in [5.41, 5.74) is 0.968. The molecule has 158 valence electrons. The maximum Gasteiger partial charge on any atom is 0.387 e. The number of ether oxygens (including phenoxy) is 1. The van der Waals surface area contributed by atoms with Gasteiger partial charge in [-0.3, -0.25) is 4.79 Å². The molecule has 30 heavy (non-hydrogen) atoms. The zero-order valence-electron chi connectivity index (χ0n) is 15.2. The van der Waals surface area contributed by atoms with Gasteiger partial charge in [-0.1, -0.05) is 17.7 Å². The van der Waals surface area contributed by atoms with Crippen LogP contribution < -0.4 is 10.1 Å². The number of alkyl halides is 2. The monoisotopic (exact) mass is 456 g/mol. The van der Waals surface area contributed by atoms with Crippen LogP contribution in [0.2, 0.25) is 5.02 Å². The Morgan fingerprint density at radius 1 is 1.20 bits per heavy atom. The van der Waals surface area contributed by atoms with Crippen molar-refractivity contribution in [1.29, 1.82) is 0 Å². The average molecular weight is 457 g/mol. The summed E-state index contributed by atoms with van der Waals surface area (Å²) in [6.07, 6.45) is 1.20. The van der Waals surface area contributed by atoms with E-state index in [0.717, 1.165) is 0 Å². The molecule has 0 saturated heterocycles. The molecule has 0 fully saturated rings. The third kappa shape index (κ3) is 6.26. The molecule has 0 unspecified atom stereocenters. The number of anilines is 1. The van der Waals surface area contributed by atoms with Crippen LogP contribution in [-0.4, -0.2) is 31.7 Å². The Bertz CT molecular complexity index is 1130. The molecule has 0 spiro atoms. The van der Waals surface area contributed by atoms with Crippen LogP contribution in [0.3, 0.4) is 0 Å². The van der Waals surface area contributed by atoms with E-state index in [9.17, 15) is 22.0 Å². The number of halogens is 3. The van der Waals surface area contributed by atoms with Gasteiger partial charge in [-0.05, 0) is 42.5 Å². The Hall–Kier alpha value is -2.98. The fraction of sp³-hybridized carbons (Fsp3) is 0.158. The van der Waals surface area contributed by atoms with Crippen molar-refractivity contribution in [1.82, 2.24) is 4.98 Å². The van der Waals surface area contributed by atoms with Crippen molar-refractivity contribution in [2.24, 2.45) is 0 Å². The second-order valence-electron chi connectivity index (χ2n) is 6.14. The highest BCUT2D eigenvalue weighted by Crippen LogP contribution is 2.23. The predicted molar refractivity (Wildman–Crippen MR) is 106 cm³/mol. The van der Waals surface area contributed by atoms with Crippen LogP contribution in [0.15, 0.2) is 59.2 Å². The van der Waals surface area contributed by atoms with Crippen LogP contribution in [-0.2, 0) is 20.4 Å². The number of carbonyl (C=O) groups is 1. The first-order valence-corrected chi connectivity index (χ1v) is 10.7. The molecule has 7 nitrogen and oxygen atoms in total. The lowest BCUT2D eigenvalue weighted by Gasteiger charge is -2.07. The van der Waals surface area contributed by atoms with Crippen molar-refractivity contribution in [2.45, 2.75) is 12.4 Å². The van der Waals surface area contributed by atoms with Crippen molar-refractivity contribution >= 4 is 33.0 Å². The van der Waals surface area contributed by atoms with Gasteiger partial charge in [0.2, 0.25) is 11.8 Å². The number of oxazole rings is 1. The Balaban J connectivity index is 1.59. The van der Waals surface area contributed by atoms with Crippen molar-refractivity contribution in [3.05, 3.63) is 65.5 Å². The minimum absolute atomic E-state index is 0.0860. The summed E-state index contributed by atoms with van der Waals surface area (Å²) in [4.78, 5) is 16.2. The lowest BCUT2D eigenvalue weighted by molar-refractivity contribution is -0.113. The molecule has 1 aromatic heterocycles. The third-order valence-corrected chi connectivity index (χ3v) is 5.38. The van der Waals surface area contributed by atoms with Crippen LogP contribution in [0.5, 0.6) is 5.75 Å². The maximum absolute atomic E-state index is 12.3. The Labute approximate surface area is 175 Å². The summed E-state index contributed by atoms with van der Waals surface area (Å²) in [7, 11) is -3.84. The number of benzene rings is 2. The van der Waals surface area contributed by atoms with Crippen LogP contribution in [0.25, 0.3) is 11.5 Å². The number of aromatic nitrogens is 1. The number of hydrogen-bond donors (Lipinski definition) is 1. The SMILES string of the molecule is O=C(CS(=O)(=O)Cc1coc(-c2cccc(Cl)c2)n1)Nc1ccc(OC(F)F)cc1. The summed E-state index contributed by atoms with van der Waals surface area (Å²) in [6.45, 7) is -2.97. The fourth-order valence-electron chi connectivity index (χ4n) is 2.52. The molecule has 2 aromatic carbocycles. The van der Waals surface area contributed by atoms with E-state index < -0.39 is 33.9 Å². The molecule has 3 rings (SSSR count). The van der Waals surface area contributed by atoms with E-state index in [-0.39, 0.29) is 23.0 Å². The van der Waals surface area contributed by atoms with Gasteiger partial charge in [0.15, 0.2) is 9.84 Å². The second-order valence-corrected chi connectivity index (χ2v) is 8.64. The zero-order chi connectivity index (χ0) is 21.7. The van der Waals surface area contributed by atoms with Gasteiger partial charge in [-0.25, -0.2) is 13.4 Å². The first-order valence-electron chi connectivity index (χ1n) is 8.46. The van der Waals surface area contributed by atoms with E-state index in [1.807, 2.05) is 0 Å². The number of nitrogens with zero attached hydrogens (tertiary/aromatic N) is 1. The van der Waals surface area contributed by atoms with Gasteiger partial charge < -0.3 is 14.5 Å². The maximum atomic E-state index is 12.3. The highest BCUT2D eigenvalue weighted by atomic mass is 35.5. The van der Waals surface area contributed by atoms with Crippen LogP contribution >= 0.6 is 11.6 Å². The third-order valence-electron chi connectivity index (χ3n) is 3.71. The lowest BCUT2D eigenvalue weighted by atomic mass is 10.2. The van der Waals surface area contributed by atoms with Gasteiger partial charge in [-0.15, -0.1) is 0 Å². The molecule has 11 heteroatoms. The number of nitrogens with one attached hydrogen (secondary N) is 1. The van der Waals surface area contributed by atoms with E-state index >= 15 is 0 Å². The van der Waals surface area contributed by atoms with Gasteiger partial charge in [0.05, 0.1) is 11.4 Å². The summed E-state index contributed by atoms with van der Waals surface area (Å²) in [5, 5.41) is 2.86. The molecule has 0 saturated carbocycles. The van der Waals surface area contributed by atoms with E-state index in [2.05, 4.69) is 15.0 Å². The number of hydrogen-bond acceptors (Lipinski definition) is 6. The molecular weight excluding hydrogens is 442 g/mol. The highest BCUT2D eigenvalue weighted by Gasteiger charge is 2.20. The van der Waals surface area contributed by atoms with Crippen LogP contribution in [0.1, 0.15) is 5.69 Å². The van der Waals surface area contributed by atoms with Crippen molar-refractivity contribution < 1.29 is 31.1 Å². The summed E-state index contributed by atoms with van der Waals surface area (Å²) < 4.78 is 58.4. The minimum Gasteiger partial charge on any atom is -0.444 e. The summed E-state index contributed by atoms with van der Waals surface area (Å²) >= 11 is 5.91. The van der Waals surface area contributed by atoms with Gasteiger partial charge in [0.1, 0.15) is 17.8 Å². The highest BCUT2D eigenvalue weighted by molar-refractivity contribution is 7.91. The Morgan fingerprint density at radius 2 is 1.93 bits per heavy atom. The molecule has 3 aromatic rings. The molecule has 0 atom stereocenters. The quantitative estimate of drug-likeness (QED) is 0.546. The lowest BCUT2D eigenvalue weighted by Crippen LogP contribution is -2.24. The molecule has 0 aliphatic carbocycles. The average Bonchev–Trinajstić information content (AvgIpc) is 3.10. The molecule has 1 amide bonds. The number of amides is 1. The number of carbonyl (C=O) groups excluding carboxylic acids is 1. The smallest absolute Gasteiger partial charge is 0.387 e. The minimum atomic E-state index is -3.84. The van der Waals surface area contributed by atoms with Gasteiger partial charge in [-0.2, -0.15) is 8.78 Å². The zero-order valence-corrected chi connectivity index (χ0v) is 16.8. The second kappa shape index (κ2) is 9.23. The molecule has 0 radical (unpaired) electrons. The molecule has 0 aliphatic heterocycles. The topological polar surface area (TPSA) is 98.5 Å². The van der Waals surface area contributed by atoms with Gasteiger partial charge in [0.25, 0.3) is 0 Å². The van der Waals surface area contributed by atoms with Crippen molar-refractivity contribution in [3.63, 3.8) is 0 Å². The van der Waals surface area contributed by atoms with Crippen molar-refractivity contribution in [2.75, 3.05) is 11.1 Å². The molecule has 1 N–H and O–H groups in total. The van der Waals surface area contributed by atoms with E-state index in [0.29, 0.717) is 10.6 Å². The van der Waals surface area contributed by atoms with Crippen LogP contribution in [0, 0.1) is 0 Å². The van der Waals surface area contributed by atoms with Gasteiger partial charge >= 0.3 is 6.61 Å². The molecule has 1 heterocycles. The standard InChI is InChI=1S/C19H15ClF2N2O5S/c20-13-3-1-2-12(8-13)18-24-15(9-28-18)10-30(26,27)11-17(25)23-14-4-6-16(7-5-14)29-19(21)22/h1-9,19H,10-11H2,(H,23,25). The van der Waals surface area contributed by atoms with Gasteiger partial charge in [0, 0.05) is 16.3 Å². The molecule has 0 bridgehead atoms. The Morgan fingerprint density at radius 3 is 2.60 bits per heavy atom. The Kier molecular flexibility index (Phi) is 6.68. The largest absolute Gasteiger partial charge is 0.444 e. The normalized spacial score (nSPS) is 11.5. The van der Waals surface area contributed by atoms with Crippen LogP contribution in [0.4, 0.5) is 14.5 Å². The first-order chi connectivity index (χ1) is 14.2. The summed E-state index contributed by atoms with van der Waals surface area (Å²) in [5.74, 6) is -1.95. The summed E-state index contributed by atoms with van der Waals surface area (Å²) in [6, 6.07) is 11.8. The molecule has 0 aliphatic rings. The predicted octanol–water partition coefficient (Wildman–Crippen LogP) is 4.15. The fourth-order valence-corrected chi connectivity index (χ4v) is 3.87. The number of sulfone groups is 1.